The highest BCUT2D eigenvalue weighted by atomic mass is 28.3. The molecule has 5 heteroatoms. The van der Waals surface area contributed by atoms with Gasteiger partial charge >= 0.3 is 0 Å². The quantitative estimate of drug-likeness (QED) is 0.346. The standard InChI is InChI=1S/C24H37NO3Si/c1-29(2,23-9-5-3-6-10-23)18-8-4-7-17-28-22-13-11-21(12-14-22)15-16-24(25,19-26)20-27/h3,5-6,9-14,26-27H,4,7-8,15-20,25H2,1-2H3. The molecule has 0 saturated heterocycles. The second kappa shape index (κ2) is 11.5. The molecule has 2 aromatic rings. The van der Waals surface area contributed by atoms with E-state index in [0.717, 1.165) is 30.8 Å². The summed E-state index contributed by atoms with van der Waals surface area (Å²) in [5.41, 5.74) is 6.13. The Bertz CT molecular complexity index is 700. The molecule has 0 fully saturated rings. The summed E-state index contributed by atoms with van der Waals surface area (Å²) >= 11 is 0. The summed E-state index contributed by atoms with van der Waals surface area (Å²) < 4.78 is 5.87. The Morgan fingerprint density at radius 2 is 1.55 bits per heavy atom. The predicted octanol–water partition coefficient (Wildman–Crippen LogP) is 3.47. The zero-order valence-corrected chi connectivity index (χ0v) is 18.9. The average Bonchev–Trinajstić information content (AvgIpc) is 2.76. The highest BCUT2D eigenvalue weighted by molar-refractivity contribution is 6.89. The topological polar surface area (TPSA) is 75.7 Å². The van der Waals surface area contributed by atoms with Crippen LogP contribution in [0.5, 0.6) is 5.75 Å². The Kier molecular flexibility index (Phi) is 9.37. The molecule has 0 amide bonds. The normalized spacial score (nSPS) is 12.2. The minimum absolute atomic E-state index is 0.213. The number of rotatable bonds is 13. The monoisotopic (exact) mass is 415 g/mol. The Labute approximate surface area is 176 Å². The number of benzene rings is 2. The molecule has 0 aromatic heterocycles. The van der Waals surface area contributed by atoms with Crippen molar-refractivity contribution in [3.63, 3.8) is 0 Å². The maximum atomic E-state index is 9.27. The number of aryl methyl sites for hydroxylation is 1. The highest BCUT2D eigenvalue weighted by Gasteiger charge is 2.23. The molecule has 0 unspecified atom stereocenters. The number of aliphatic hydroxyl groups is 2. The van der Waals surface area contributed by atoms with Crippen LogP contribution in [-0.4, -0.2) is 43.6 Å². The van der Waals surface area contributed by atoms with Crippen LogP contribution in [0.1, 0.15) is 31.2 Å². The summed E-state index contributed by atoms with van der Waals surface area (Å²) in [7, 11) is -1.32. The maximum absolute atomic E-state index is 9.27. The van der Waals surface area contributed by atoms with Gasteiger partial charge in [-0.15, -0.1) is 0 Å². The van der Waals surface area contributed by atoms with E-state index in [0.29, 0.717) is 6.42 Å². The lowest BCUT2D eigenvalue weighted by atomic mass is 9.94. The average molecular weight is 416 g/mol. The number of nitrogens with two attached hydrogens (primary N) is 1. The zero-order valence-electron chi connectivity index (χ0n) is 17.9. The SMILES string of the molecule is C[Si](C)(CCCCCOc1ccc(CCC(N)(CO)CO)cc1)c1ccccc1. The first kappa shape index (κ1) is 23.6. The second-order valence-corrected chi connectivity index (χ2v) is 13.6. The van der Waals surface area contributed by atoms with Gasteiger partial charge < -0.3 is 20.7 Å². The van der Waals surface area contributed by atoms with Gasteiger partial charge in [0, 0.05) is 0 Å². The number of aliphatic hydroxyl groups excluding tert-OH is 2. The fraction of sp³-hybridized carbons (Fsp3) is 0.500. The van der Waals surface area contributed by atoms with Crippen LogP contribution in [0.15, 0.2) is 54.6 Å². The van der Waals surface area contributed by atoms with Gasteiger partial charge in [-0.25, -0.2) is 0 Å². The molecular weight excluding hydrogens is 378 g/mol. The van der Waals surface area contributed by atoms with E-state index in [9.17, 15) is 10.2 Å². The van der Waals surface area contributed by atoms with E-state index in [2.05, 4.69) is 43.4 Å². The van der Waals surface area contributed by atoms with E-state index < -0.39 is 13.6 Å². The van der Waals surface area contributed by atoms with Gasteiger partial charge in [-0.3, -0.25) is 0 Å². The molecule has 160 valence electrons. The molecular formula is C24H37NO3Si. The minimum atomic E-state index is -1.32. The molecule has 0 aliphatic heterocycles. The van der Waals surface area contributed by atoms with Crippen LogP contribution in [0.25, 0.3) is 0 Å². The van der Waals surface area contributed by atoms with Gasteiger partial charge in [-0.1, -0.05) is 79.6 Å². The first-order chi connectivity index (χ1) is 13.9. The molecule has 0 aliphatic carbocycles. The van der Waals surface area contributed by atoms with Gasteiger partial charge in [0.15, 0.2) is 0 Å². The van der Waals surface area contributed by atoms with Crippen molar-refractivity contribution < 1.29 is 14.9 Å². The van der Waals surface area contributed by atoms with Crippen molar-refractivity contribution in [3.05, 3.63) is 60.2 Å². The van der Waals surface area contributed by atoms with E-state index in [1.54, 1.807) is 5.19 Å². The molecule has 0 heterocycles. The molecule has 0 aliphatic rings. The van der Waals surface area contributed by atoms with Gasteiger partial charge in [0.05, 0.1) is 33.4 Å². The van der Waals surface area contributed by atoms with Gasteiger partial charge in [-0.05, 0) is 37.0 Å². The van der Waals surface area contributed by atoms with Gasteiger partial charge in [-0.2, -0.15) is 0 Å². The highest BCUT2D eigenvalue weighted by Crippen LogP contribution is 2.18. The first-order valence-corrected chi connectivity index (χ1v) is 13.9. The van der Waals surface area contributed by atoms with Gasteiger partial charge in [0.2, 0.25) is 0 Å². The lowest BCUT2D eigenvalue weighted by Crippen LogP contribution is -2.47. The molecule has 0 radical (unpaired) electrons. The van der Waals surface area contributed by atoms with Crippen LogP contribution < -0.4 is 15.7 Å². The maximum Gasteiger partial charge on any atom is 0.119 e. The smallest absolute Gasteiger partial charge is 0.119 e. The molecule has 0 saturated carbocycles. The lowest BCUT2D eigenvalue weighted by molar-refractivity contribution is 0.115. The summed E-state index contributed by atoms with van der Waals surface area (Å²) in [5, 5.41) is 20.1. The third-order valence-electron chi connectivity index (χ3n) is 5.73. The summed E-state index contributed by atoms with van der Waals surface area (Å²) in [6.45, 7) is 5.23. The van der Waals surface area contributed by atoms with Gasteiger partial charge in [0.25, 0.3) is 0 Å². The lowest BCUT2D eigenvalue weighted by Gasteiger charge is -2.24. The molecule has 0 atom stereocenters. The Hall–Kier alpha value is -1.66. The van der Waals surface area contributed by atoms with Crippen LogP contribution in [0.4, 0.5) is 0 Å². The summed E-state index contributed by atoms with van der Waals surface area (Å²) in [5.74, 6) is 0.885. The third kappa shape index (κ3) is 7.94. The van der Waals surface area contributed by atoms with Crippen LogP contribution in [0, 0.1) is 0 Å². The van der Waals surface area contributed by atoms with Crippen LogP contribution >= 0.6 is 0 Å². The zero-order chi connectivity index (χ0) is 21.2. The predicted molar refractivity (Wildman–Crippen MR) is 124 cm³/mol. The number of hydrogen-bond donors (Lipinski definition) is 3. The third-order valence-corrected chi connectivity index (χ3v) is 9.23. The molecule has 2 rings (SSSR count). The fourth-order valence-corrected chi connectivity index (χ4v) is 5.94. The molecule has 4 nitrogen and oxygen atoms in total. The van der Waals surface area contributed by atoms with E-state index in [-0.39, 0.29) is 13.2 Å². The molecule has 2 aromatic carbocycles. The van der Waals surface area contributed by atoms with Crippen LogP contribution in [-0.2, 0) is 6.42 Å². The van der Waals surface area contributed by atoms with Crippen molar-refractivity contribution in [1.29, 1.82) is 0 Å². The van der Waals surface area contributed by atoms with E-state index in [1.165, 1.54) is 18.9 Å². The molecule has 0 spiro atoms. The van der Waals surface area contributed by atoms with E-state index in [4.69, 9.17) is 10.5 Å². The second-order valence-electron chi connectivity index (χ2n) is 8.73. The summed E-state index contributed by atoms with van der Waals surface area (Å²) in [4.78, 5) is 0. The van der Waals surface area contributed by atoms with Crippen molar-refractivity contribution >= 4 is 13.3 Å². The largest absolute Gasteiger partial charge is 0.494 e. The van der Waals surface area contributed by atoms with Crippen molar-refractivity contribution in [2.45, 2.75) is 56.8 Å². The van der Waals surface area contributed by atoms with E-state index >= 15 is 0 Å². The van der Waals surface area contributed by atoms with Crippen LogP contribution in [0.2, 0.25) is 19.1 Å². The van der Waals surface area contributed by atoms with Crippen molar-refractivity contribution in [2.24, 2.45) is 5.73 Å². The fourth-order valence-electron chi connectivity index (χ4n) is 3.42. The van der Waals surface area contributed by atoms with E-state index in [1.807, 2.05) is 24.3 Å². The van der Waals surface area contributed by atoms with Crippen LogP contribution in [0.3, 0.4) is 0 Å². The molecule has 29 heavy (non-hydrogen) atoms. The van der Waals surface area contributed by atoms with Crippen molar-refractivity contribution in [2.75, 3.05) is 19.8 Å². The van der Waals surface area contributed by atoms with Crippen molar-refractivity contribution in [3.8, 4) is 5.75 Å². The summed E-state index contributed by atoms with van der Waals surface area (Å²) in [6, 6.07) is 20.3. The minimum Gasteiger partial charge on any atom is -0.494 e. The molecule has 4 N–H and O–H groups in total. The Balaban J connectivity index is 1.64. The van der Waals surface area contributed by atoms with Gasteiger partial charge in [0.1, 0.15) is 5.75 Å². The number of ether oxygens (including phenoxy) is 1. The Morgan fingerprint density at radius 3 is 2.17 bits per heavy atom. The molecule has 0 bridgehead atoms. The summed E-state index contributed by atoms with van der Waals surface area (Å²) in [6.07, 6.45) is 4.79. The number of unbranched alkanes of at least 4 members (excludes halogenated alkanes) is 2. The number of hydrogen-bond acceptors (Lipinski definition) is 4. The first-order valence-electron chi connectivity index (χ1n) is 10.7. The van der Waals surface area contributed by atoms with Crippen molar-refractivity contribution in [1.82, 2.24) is 0 Å². The Morgan fingerprint density at radius 1 is 0.897 bits per heavy atom.